The second-order valence-electron chi connectivity index (χ2n) is 15.0. The molecule has 12 aromatic rings. The summed E-state index contributed by atoms with van der Waals surface area (Å²) in [6, 6.07) is 56.7. The third-order valence-corrected chi connectivity index (χ3v) is 12.0. The summed E-state index contributed by atoms with van der Waals surface area (Å²) in [4.78, 5) is 11.2. The number of allylic oxidation sites excluding steroid dienone is 2. The Bertz CT molecular complexity index is 3640. The van der Waals surface area contributed by atoms with Crippen LogP contribution in [0.15, 0.2) is 176 Å². The Labute approximate surface area is 328 Å². The average Bonchev–Trinajstić information content (AvgIpc) is 3.89. The Morgan fingerprint density at radius 2 is 1.18 bits per heavy atom. The number of hydrogen-bond donors (Lipinski definition) is 0. The van der Waals surface area contributed by atoms with Crippen molar-refractivity contribution in [2.75, 3.05) is 0 Å². The number of para-hydroxylation sites is 1. The third kappa shape index (κ3) is 4.44. The molecule has 57 heavy (non-hydrogen) atoms. The van der Waals surface area contributed by atoms with Gasteiger partial charge < -0.3 is 4.40 Å². The van der Waals surface area contributed by atoms with Crippen LogP contribution < -0.4 is 0 Å². The zero-order chi connectivity index (χ0) is 37.8. The molecule has 0 unspecified atom stereocenters. The van der Waals surface area contributed by atoms with Gasteiger partial charge in [0.25, 0.3) is 0 Å². The first kappa shape index (κ1) is 31.8. The van der Waals surface area contributed by atoms with Crippen LogP contribution >= 0.6 is 0 Å². The summed E-state index contributed by atoms with van der Waals surface area (Å²) >= 11 is 0. The molecule has 0 spiro atoms. The molecule has 0 aliphatic carbocycles. The number of nitrogens with zero attached hydrogens (tertiary/aromatic N) is 4. The van der Waals surface area contributed by atoms with Crippen LogP contribution in [0.3, 0.4) is 0 Å². The van der Waals surface area contributed by atoms with Gasteiger partial charge in [0.2, 0.25) is 5.95 Å². The minimum absolute atomic E-state index is 0.651. The number of fused-ring (bicyclic) bond motifs is 12. The molecule has 266 valence electrons. The van der Waals surface area contributed by atoms with Crippen LogP contribution in [0.5, 0.6) is 0 Å². The van der Waals surface area contributed by atoms with Crippen molar-refractivity contribution in [3.8, 4) is 28.3 Å². The maximum absolute atomic E-state index is 5.69. The van der Waals surface area contributed by atoms with E-state index in [9.17, 15) is 0 Å². The quantitative estimate of drug-likeness (QED) is 0.131. The normalized spacial score (nSPS) is 12.3. The summed E-state index contributed by atoms with van der Waals surface area (Å²) < 4.78 is 4.80. The van der Waals surface area contributed by atoms with E-state index in [-0.39, 0.29) is 0 Å². The Morgan fingerprint density at radius 3 is 1.98 bits per heavy atom. The van der Waals surface area contributed by atoms with Crippen molar-refractivity contribution in [1.29, 1.82) is 0 Å². The highest BCUT2D eigenvalue weighted by Crippen LogP contribution is 2.47. The van der Waals surface area contributed by atoms with Gasteiger partial charge in [0.1, 0.15) is 0 Å². The van der Waals surface area contributed by atoms with E-state index < -0.39 is 0 Å². The standard InChI is InChI=1S/C53H34N4/c1-3-4-21-45-32(2)42-31-43-40-29-27-36-17-9-11-19-39(36)50(40)57(52(43)48-41-20-12-13-22-46(41)56(45)51(42)48)53-54-44-30-28-35-16-8-10-18-38(35)47(44)49(55-53)37-25-23-34(24-26-37)33-14-6-5-7-15-33/h3-31H,1H2,2H3/b21-4-. The van der Waals surface area contributed by atoms with Gasteiger partial charge in [-0.05, 0) is 64.0 Å². The lowest BCUT2D eigenvalue weighted by Crippen LogP contribution is -2.04. The minimum Gasteiger partial charge on any atom is -0.308 e. The van der Waals surface area contributed by atoms with Gasteiger partial charge in [-0.1, -0.05) is 158 Å². The summed E-state index contributed by atoms with van der Waals surface area (Å²) in [5, 5.41) is 11.7. The lowest BCUT2D eigenvalue weighted by molar-refractivity contribution is 1.02. The number of benzene rings is 8. The van der Waals surface area contributed by atoms with E-state index in [2.05, 4.69) is 186 Å². The van der Waals surface area contributed by atoms with Crippen molar-refractivity contribution >= 4 is 87.5 Å². The van der Waals surface area contributed by atoms with Crippen LogP contribution in [0, 0.1) is 6.92 Å². The molecule has 4 nitrogen and oxygen atoms in total. The molecule has 0 saturated heterocycles. The Kier molecular flexibility index (Phi) is 6.67. The summed E-state index contributed by atoms with van der Waals surface area (Å²) in [7, 11) is 0. The van der Waals surface area contributed by atoms with Gasteiger partial charge in [0.05, 0.1) is 33.3 Å². The first-order chi connectivity index (χ1) is 28.2. The van der Waals surface area contributed by atoms with E-state index in [0.717, 1.165) is 44.0 Å². The molecule has 0 saturated carbocycles. The molecule has 4 heterocycles. The molecule has 0 bridgehead atoms. The third-order valence-electron chi connectivity index (χ3n) is 12.0. The predicted molar refractivity (Wildman–Crippen MR) is 241 cm³/mol. The van der Waals surface area contributed by atoms with Gasteiger partial charge in [-0.2, -0.15) is 0 Å². The smallest absolute Gasteiger partial charge is 0.235 e. The van der Waals surface area contributed by atoms with E-state index in [4.69, 9.17) is 9.97 Å². The Morgan fingerprint density at radius 1 is 0.509 bits per heavy atom. The maximum Gasteiger partial charge on any atom is 0.235 e. The lowest BCUT2D eigenvalue weighted by atomic mass is 9.98. The monoisotopic (exact) mass is 726 g/mol. The lowest BCUT2D eigenvalue weighted by Gasteiger charge is -2.15. The fraction of sp³-hybridized carbons (Fsp3) is 0.0189. The van der Waals surface area contributed by atoms with Crippen molar-refractivity contribution in [2.45, 2.75) is 6.92 Å². The van der Waals surface area contributed by atoms with E-state index in [1.54, 1.807) is 0 Å². The topological polar surface area (TPSA) is 35.1 Å². The molecule has 0 fully saturated rings. The molecule has 0 atom stereocenters. The fourth-order valence-electron chi connectivity index (χ4n) is 9.46. The molecule has 0 aliphatic rings. The first-order valence-electron chi connectivity index (χ1n) is 19.5. The molecule has 12 rings (SSSR count). The number of aromatic nitrogens is 4. The SMILES string of the molecule is C=C/C=C\c1c(C)c2cc3c4ccc5ccccc5c4n(-c4nc(-c5ccc(-c6ccccc6)cc5)c5c(ccc6ccccc65)n4)c3c3c4ccccc4n1c23. The highest BCUT2D eigenvalue weighted by atomic mass is 15.2. The number of hydrogen-bond acceptors (Lipinski definition) is 2. The number of rotatable bonds is 5. The molecule has 0 N–H and O–H groups in total. The van der Waals surface area contributed by atoms with Gasteiger partial charge >= 0.3 is 0 Å². The molecule has 0 radical (unpaired) electrons. The van der Waals surface area contributed by atoms with Crippen LogP contribution in [0.1, 0.15) is 11.3 Å². The fourth-order valence-corrected chi connectivity index (χ4v) is 9.46. The van der Waals surface area contributed by atoms with E-state index in [1.165, 1.54) is 71.1 Å². The molecule has 0 aliphatic heterocycles. The maximum atomic E-state index is 5.69. The van der Waals surface area contributed by atoms with Crippen LogP contribution in [0.2, 0.25) is 0 Å². The van der Waals surface area contributed by atoms with Crippen LogP contribution in [-0.2, 0) is 0 Å². The van der Waals surface area contributed by atoms with Gasteiger partial charge in [-0.25, -0.2) is 9.97 Å². The van der Waals surface area contributed by atoms with E-state index >= 15 is 0 Å². The van der Waals surface area contributed by atoms with E-state index in [1.807, 2.05) is 12.2 Å². The van der Waals surface area contributed by atoms with Crippen LogP contribution in [-0.4, -0.2) is 18.9 Å². The van der Waals surface area contributed by atoms with Crippen molar-refractivity contribution in [2.24, 2.45) is 0 Å². The Hall–Kier alpha value is -7.56. The zero-order valence-electron chi connectivity index (χ0n) is 31.2. The largest absolute Gasteiger partial charge is 0.308 e. The van der Waals surface area contributed by atoms with Crippen molar-refractivity contribution in [3.05, 3.63) is 188 Å². The highest BCUT2D eigenvalue weighted by Gasteiger charge is 2.27. The summed E-state index contributed by atoms with van der Waals surface area (Å²) in [5.74, 6) is 0.651. The van der Waals surface area contributed by atoms with Crippen molar-refractivity contribution < 1.29 is 0 Å². The highest BCUT2D eigenvalue weighted by molar-refractivity contribution is 6.32. The predicted octanol–water partition coefficient (Wildman–Crippen LogP) is 13.9. The summed E-state index contributed by atoms with van der Waals surface area (Å²) in [5.41, 5.74) is 12.2. The summed E-state index contributed by atoms with van der Waals surface area (Å²) in [6.45, 7) is 6.23. The summed E-state index contributed by atoms with van der Waals surface area (Å²) in [6.07, 6.45) is 6.07. The molecule has 4 aromatic heterocycles. The molecule has 8 aromatic carbocycles. The number of aryl methyl sites for hydroxylation is 1. The van der Waals surface area contributed by atoms with Gasteiger partial charge in [0, 0.05) is 49.0 Å². The van der Waals surface area contributed by atoms with Crippen LogP contribution in [0.4, 0.5) is 0 Å². The van der Waals surface area contributed by atoms with Gasteiger partial charge in [0.15, 0.2) is 0 Å². The first-order valence-corrected chi connectivity index (χ1v) is 19.5. The van der Waals surface area contributed by atoms with Crippen molar-refractivity contribution in [1.82, 2.24) is 18.9 Å². The second-order valence-corrected chi connectivity index (χ2v) is 15.0. The van der Waals surface area contributed by atoms with E-state index in [0.29, 0.717) is 5.95 Å². The van der Waals surface area contributed by atoms with Gasteiger partial charge in [-0.15, -0.1) is 0 Å². The Balaban J connectivity index is 1.27. The second kappa shape index (κ2) is 12.0. The minimum atomic E-state index is 0.651. The van der Waals surface area contributed by atoms with Gasteiger partial charge in [-0.3, -0.25) is 4.57 Å². The molecular formula is C53H34N4. The zero-order valence-corrected chi connectivity index (χ0v) is 31.2. The van der Waals surface area contributed by atoms with Crippen LogP contribution in [0.25, 0.3) is 116 Å². The van der Waals surface area contributed by atoms with Crippen molar-refractivity contribution in [3.63, 3.8) is 0 Å². The average molecular weight is 727 g/mol. The molecular weight excluding hydrogens is 693 g/mol. The molecule has 0 amide bonds. The molecule has 4 heteroatoms.